The molecule has 88 valence electrons. The van der Waals surface area contributed by atoms with Crippen LogP contribution in [0, 0.1) is 23.7 Å². The number of carbonyl (C=O) groups excluding carboxylic acids is 2. The van der Waals surface area contributed by atoms with Gasteiger partial charge in [0, 0.05) is 18.8 Å². The average Bonchev–Trinajstić information content (AvgIpc) is 2.79. The summed E-state index contributed by atoms with van der Waals surface area (Å²) in [7, 11) is 0. The van der Waals surface area contributed by atoms with Crippen molar-refractivity contribution < 1.29 is 19.1 Å². The predicted molar refractivity (Wildman–Crippen MR) is 62.9 cm³/mol. The third-order valence-corrected chi connectivity index (χ3v) is 5.80. The van der Waals surface area contributed by atoms with Gasteiger partial charge >= 0.3 is 11.9 Å². The molecule has 0 amide bonds. The molecule has 6 atom stereocenters. The molecule has 0 spiro atoms. The van der Waals surface area contributed by atoms with Crippen LogP contribution in [0.15, 0.2) is 0 Å². The number of rotatable bonds is 2. The van der Waals surface area contributed by atoms with Gasteiger partial charge in [0.25, 0.3) is 0 Å². The zero-order valence-electron chi connectivity index (χ0n) is 8.89. The van der Waals surface area contributed by atoms with Crippen LogP contribution in [0.4, 0.5) is 0 Å². The van der Waals surface area contributed by atoms with Gasteiger partial charge in [-0.05, 0) is 12.3 Å². The summed E-state index contributed by atoms with van der Waals surface area (Å²) >= 11 is 2.38. The number of alkyl halides is 1. The van der Waals surface area contributed by atoms with Crippen LogP contribution in [0.5, 0.6) is 0 Å². The van der Waals surface area contributed by atoms with Gasteiger partial charge in [0.05, 0.1) is 16.4 Å². The molecule has 16 heavy (non-hydrogen) atoms. The molecule has 3 fully saturated rings. The number of halogens is 1. The van der Waals surface area contributed by atoms with Crippen LogP contribution in [0.3, 0.4) is 0 Å². The Hall–Kier alpha value is -0.330. The van der Waals surface area contributed by atoms with Gasteiger partial charge in [-0.2, -0.15) is 0 Å². The topological polar surface area (TPSA) is 52.6 Å². The number of fused-ring (bicyclic) bond motifs is 1. The van der Waals surface area contributed by atoms with E-state index in [0.717, 1.165) is 6.42 Å². The minimum atomic E-state index is -0.268. The molecule has 5 heteroatoms. The highest BCUT2D eigenvalue weighted by Crippen LogP contribution is 2.59. The molecule has 0 unspecified atom stereocenters. The summed E-state index contributed by atoms with van der Waals surface area (Å²) in [5, 5.41) is 0. The standard InChI is InChI=1S/C11H13IO4/c1-4(13)15-3-7-5-2-6-8(7)11(14)16-10(6)9(5)12/h5-10H,2-3H2,1H3/t5-,6-,7+,8+,9+,10+/m1/s1. The van der Waals surface area contributed by atoms with Crippen LogP contribution in [-0.4, -0.2) is 28.6 Å². The van der Waals surface area contributed by atoms with Crippen molar-refractivity contribution in [2.24, 2.45) is 23.7 Å². The Bertz CT molecular complexity index is 356. The minimum absolute atomic E-state index is 0.0136. The maximum absolute atomic E-state index is 11.7. The second kappa shape index (κ2) is 3.58. The van der Waals surface area contributed by atoms with Crippen molar-refractivity contribution in [1.29, 1.82) is 0 Å². The molecular weight excluding hydrogens is 323 g/mol. The van der Waals surface area contributed by atoms with Gasteiger partial charge in [0.15, 0.2) is 0 Å². The molecule has 3 rings (SSSR count). The molecule has 2 bridgehead atoms. The van der Waals surface area contributed by atoms with E-state index < -0.39 is 0 Å². The third kappa shape index (κ3) is 1.33. The lowest BCUT2D eigenvalue weighted by Crippen LogP contribution is -2.36. The van der Waals surface area contributed by atoms with Crippen molar-refractivity contribution in [3.05, 3.63) is 0 Å². The largest absolute Gasteiger partial charge is 0.466 e. The molecule has 0 aromatic rings. The van der Waals surface area contributed by atoms with Gasteiger partial charge in [-0.3, -0.25) is 9.59 Å². The molecule has 0 radical (unpaired) electrons. The lowest BCUT2D eigenvalue weighted by Gasteiger charge is -2.27. The van der Waals surface area contributed by atoms with Crippen LogP contribution in [0.2, 0.25) is 0 Å². The smallest absolute Gasteiger partial charge is 0.310 e. The van der Waals surface area contributed by atoms with E-state index in [1.807, 2.05) is 0 Å². The van der Waals surface area contributed by atoms with Crippen molar-refractivity contribution in [1.82, 2.24) is 0 Å². The Kier molecular flexibility index (Phi) is 2.42. The van der Waals surface area contributed by atoms with Gasteiger partial charge in [0.2, 0.25) is 0 Å². The number of esters is 2. The van der Waals surface area contributed by atoms with Gasteiger partial charge in [-0.15, -0.1) is 0 Å². The zero-order chi connectivity index (χ0) is 11.4. The normalized spacial score (nSPS) is 48.2. The van der Waals surface area contributed by atoms with Crippen LogP contribution in [0.1, 0.15) is 13.3 Å². The minimum Gasteiger partial charge on any atom is -0.466 e. The lowest BCUT2D eigenvalue weighted by atomic mass is 9.80. The molecule has 4 nitrogen and oxygen atoms in total. The first kappa shape index (κ1) is 10.8. The molecule has 1 aliphatic heterocycles. The summed E-state index contributed by atoms with van der Waals surface area (Å²) in [4.78, 5) is 22.6. The highest BCUT2D eigenvalue weighted by Gasteiger charge is 2.65. The Balaban J connectivity index is 1.80. The molecule has 1 saturated heterocycles. The monoisotopic (exact) mass is 336 g/mol. The predicted octanol–water partition coefficient (Wildman–Crippen LogP) is 1.16. The van der Waals surface area contributed by atoms with Crippen LogP contribution < -0.4 is 0 Å². The van der Waals surface area contributed by atoms with Crippen molar-refractivity contribution in [2.75, 3.05) is 6.61 Å². The van der Waals surface area contributed by atoms with E-state index in [9.17, 15) is 9.59 Å². The van der Waals surface area contributed by atoms with Crippen molar-refractivity contribution in [3.8, 4) is 0 Å². The Morgan fingerprint density at radius 3 is 3.00 bits per heavy atom. The quantitative estimate of drug-likeness (QED) is 0.431. The maximum atomic E-state index is 11.7. The number of carbonyl (C=O) groups is 2. The molecule has 3 aliphatic rings. The van der Waals surface area contributed by atoms with E-state index in [-0.39, 0.29) is 29.9 Å². The third-order valence-electron chi connectivity index (χ3n) is 4.17. The number of ether oxygens (including phenoxy) is 2. The highest BCUT2D eigenvalue weighted by molar-refractivity contribution is 14.1. The highest BCUT2D eigenvalue weighted by atomic mass is 127. The van der Waals surface area contributed by atoms with E-state index in [1.165, 1.54) is 6.92 Å². The summed E-state index contributed by atoms with van der Waals surface area (Å²) in [6.45, 7) is 1.78. The Morgan fingerprint density at radius 1 is 1.56 bits per heavy atom. The lowest BCUT2D eigenvalue weighted by molar-refractivity contribution is -0.148. The van der Waals surface area contributed by atoms with E-state index in [4.69, 9.17) is 9.47 Å². The maximum Gasteiger partial charge on any atom is 0.310 e. The molecule has 0 N–H and O–H groups in total. The van der Waals surface area contributed by atoms with Gasteiger partial charge in [-0.25, -0.2) is 0 Å². The summed E-state index contributed by atoms with van der Waals surface area (Å²) in [5.41, 5.74) is 0. The Labute approximate surface area is 107 Å². The number of hydrogen-bond donors (Lipinski definition) is 0. The SMILES string of the molecule is CC(=O)OC[C@H]1[C@H]2C[C@H]3[C@H](OC(=O)[C@H]13)[C@H]2I. The summed E-state index contributed by atoms with van der Waals surface area (Å²) < 4.78 is 10.9. The van der Waals surface area contributed by atoms with E-state index >= 15 is 0 Å². The van der Waals surface area contributed by atoms with Crippen molar-refractivity contribution in [2.45, 2.75) is 23.4 Å². The molecule has 0 aromatic carbocycles. The van der Waals surface area contributed by atoms with Crippen LogP contribution in [-0.2, 0) is 19.1 Å². The first-order valence-corrected chi connectivity index (χ1v) is 6.82. The van der Waals surface area contributed by atoms with Gasteiger partial charge < -0.3 is 9.47 Å². The Morgan fingerprint density at radius 2 is 2.31 bits per heavy atom. The fraction of sp³-hybridized carbons (Fsp3) is 0.818. The first-order valence-electron chi connectivity index (χ1n) is 5.57. The molecule has 2 aliphatic carbocycles. The van der Waals surface area contributed by atoms with Crippen molar-refractivity contribution in [3.63, 3.8) is 0 Å². The summed E-state index contributed by atoms with van der Waals surface area (Å²) in [6, 6.07) is 0. The fourth-order valence-corrected chi connectivity index (χ4v) is 5.07. The summed E-state index contributed by atoms with van der Waals surface area (Å²) in [6.07, 6.45) is 1.18. The second-order valence-electron chi connectivity index (χ2n) is 4.90. The number of hydrogen-bond acceptors (Lipinski definition) is 4. The summed E-state index contributed by atoms with van der Waals surface area (Å²) in [5.74, 6) is 0.679. The van der Waals surface area contributed by atoms with Gasteiger partial charge in [-0.1, -0.05) is 22.6 Å². The van der Waals surface area contributed by atoms with E-state index in [1.54, 1.807) is 0 Å². The molecule has 1 heterocycles. The van der Waals surface area contributed by atoms with Crippen molar-refractivity contribution >= 4 is 34.5 Å². The fourth-order valence-electron chi connectivity index (χ4n) is 3.56. The van der Waals surface area contributed by atoms with E-state index in [0.29, 0.717) is 22.4 Å². The first-order chi connectivity index (χ1) is 7.59. The van der Waals surface area contributed by atoms with Gasteiger partial charge in [0.1, 0.15) is 6.10 Å². The second-order valence-corrected chi connectivity index (χ2v) is 6.34. The van der Waals surface area contributed by atoms with Crippen LogP contribution in [0.25, 0.3) is 0 Å². The molecule has 0 aromatic heterocycles. The van der Waals surface area contributed by atoms with E-state index in [2.05, 4.69) is 22.6 Å². The van der Waals surface area contributed by atoms with Crippen LogP contribution >= 0.6 is 22.6 Å². The average molecular weight is 336 g/mol. The molecule has 2 saturated carbocycles. The zero-order valence-corrected chi connectivity index (χ0v) is 11.0. The molecular formula is C11H13IO4.